The molecule has 3 aromatic carbocycles. The van der Waals surface area contributed by atoms with Crippen molar-refractivity contribution >= 4 is 40.9 Å². The van der Waals surface area contributed by atoms with Crippen LogP contribution in [-0.2, 0) is 4.79 Å². The van der Waals surface area contributed by atoms with Crippen molar-refractivity contribution in [2.24, 2.45) is 0 Å². The van der Waals surface area contributed by atoms with Crippen LogP contribution in [0.15, 0.2) is 72.3 Å². The number of nitro benzene ring substituents is 1. The van der Waals surface area contributed by atoms with E-state index in [4.69, 9.17) is 16.3 Å². The Morgan fingerprint density at radius 2 is 1.76 bits per heavy atom. The number of carbonyl (C=O) groups excluding carboxylic acids is 2. The molecule has 0 radical (unpaired) electrons. The van der Waals surface area contributed by atoms with Crippen LogP contribution in [0.1, 0.15) is 21.5 Å². The van der Waals surface area contributed by atoms with Gasteiger partial charge in [-0.15, -0.1) is 0 Å². The first kappa shape index (κ1) is 23.2. The first-order valence-corrected chi connectivity index (χ1v) is 9.90. The van der Waals surface area contributed by atoms with Crippen LogP contribution >= 0.6 is 11.6 Å². The molecule has 1 N–H and O–H groups in total. The Balaban J connectivity index is 1.72. The van der Waals surface area contributed by atoms with E-state index in [1.54, 1.807) is 42.5 Å². The number of hydrogen-bond acceptors (Lipinski definition) is 6. The summed E-state index contributed by atoms with van der Waals surface area (Å²) in [6, 6.07) is 18.5. The third-order valence-corrected chi connectivity index (χ3v) is 4.79. The van der Waals surface area contributed by atoms with E-state index in [-0.39, 0.29) is 22.0 Å². The summed E-state index contributed by atoms with van der Waals surface area (Å²) in [5.74, 6) is -0.997. The molecular formula is C24H16ClN3O5. The second kappa shape index (κ2) is 10.2. The van der Waals surface area contributed by atoms with Gasteiger partial charge in [0.25, 0.3) is 11.6 Å². The molecule has 0 fully saturated rings. The molecule has 0 heterocycles. The minimum atomic E-state index is -0.783. The van der Waals surface area contributed by atoms with Crippen LogP contribution in [0, 0.1) is 28.4 Å². The summed E-state index contributed by atoms with van der Waals surface area (Å²) < 4.78 is 5.32. The number of halogens is 1. The van der Waals surface area contributed by atoms with Gasteiger partial charge in [0.05, 0.1) is 21.2 Å². The number of non-ortho nitro benzene ring substituents is 1. The van der Waals surface area contributed by atoms with Crippen LogP contribution in [0.2, 0.25) is 5.02 Å². The van der Waals surface area contributed by atoms with Crippen LogP contribution in [0.5, 0.6) is 5.75 Å². The largest absolute Gasteiger partial charge is 0.423 e. The summed E-state index contributed by atoms with van der Waals surface area (Å²) in [6.45, 7) is 1.91. The molecule has 0 aromatic heterocycles. The van der Waals surface area contributed by atoms with E-state index in [9.17, 15) is 25.0 Å². The zero-order valence-electron chi connectivity index (χ0n) is 17.2. The van der Waals surface area contributed by atoms with E-state index in [2.05, 4.69) is 5.32 Å². The van der Waals surface area contributed by atoms with Gasteiger partial charge in [-0.05, 0) is 48.9 Å². The number of nitrogens with zero attached hydrogens (tertiary/aromatic N) is 2. The van der Waals surface area contributed by atoms with E-state index in [0.29, 0.717) is 16.9 Å². The van der Waals surface area contributed by atoms with Crippen molar-refractivity contribution < 1.29 is 19.2 Å². The van der Waals surface area contributed by atoms with Crippen LogP contribution in [0.4, 0.5) is 11.4 Å². The van der Waals surface area contributed by atoms with Crippen molar-refractivity contribution in [1.29, 1.82) is 5.26 Å². The zero-order chi connectivity index (χ0) is 24.0. The van der Waals surface area contributed by atoms with Crippen molar-refractivity contribution in [3.63, 3.8) is 0 Å². The fourth-order valence-electron chi connectivity index (χ4n) is 2.72. The van der Waals surface area contributed by atoms with Crippen molar-refractivity contribution in [1.82, 2.24) is 0 Å². The number of anilines is 1. The van der Waals surface area contributed by atoms with Gasteiger partial charge in [-0.3, -0.25) is 14.9 Å². The molecule has 0 bridgehead atoms. The lowest BCUT2D eigenvalue weighted by Crippen LogP contribution is -2.14. The summed E-state index contributed by atoms with van der Waals surface area (Å²) in [5.41, 5.74) is 1.44. The van der Waals surface area contributed by atoms with Crippen molar-refractivity contribution in [2.75, 3.05) is 5.32 Å². The molecule has 0 saturated carbocycles. The van der Waals surface area contributed by atoms with Gasteiger partial charge >= 0.3 is 5.97 Å². The number of nitriles is 1. The number of amides is 1. The number of benzene rings is 3. The molecule has 1 amide bonds. The molecule has 0 saturated heterocycles. The van der Waals surface area contributed by atoms with Crippen molar-refractivity contribution in [2.45, 2.75) is 6.92 Å². The number of esters is 1. The molecule has 0 aliphatic carbocycles. The standard InChI is InChI=1S/C24H16ClN3O5/c1-15-2-6-17(7-3-15)24(30)33-20-9-4-16(5-10-20)12-18(14-26)23(29)27-22-13-19(28(31)32)8-11-21(22)25/h2-13H,1H3,(H,27,29)/b18-12+. The summed E-state index contributed by atoms with van der Waals surface area (Å²) in [7, 11) is 0. The SMILES string of the molecule is Cc1ccc(C(=O)Oc2ccc(/C=C(\C#N)C(=O)Nc3cc([N+](=O)[O-])ccc3Cl)cc2)cc1. The molecule has 0 unspecified atom stereocenters. The summed E-state index contributed by atoms with van der Waals surface area (Å²) in [6.07, 6.45) is 1.33. The van der Waals surface area contributed by atoms with Crippen LogP contribution in [-0.4, -0.2) is 16.8 Å². The number of aryl methyl sites for hydroxylation is 1. The molecule has 33 heavy (non-hydrogen) atoms. The molecule has 9 heteroatoms. The number of nitrogens with one attached hydrogen (secondary N) is 1. The first-order chi connectivity index (χ1) is 15.8. The van der Waals surface area contributed by atoms with Crippen LogP contribution in [0.3, 0.4) is 0 Å². The van der Waals surface area contributed by atoms with Crippen molar-refractivity contribution in [3.05, 3.63) is 104 Å². The molecule has 0 spiro atoms. The summed E-state index contributed by atoms with van der Waals surface area (Å²) in [5, 5.41) is 22.8. The second-order valence-electron chi connectivity index (χ2n) is 6.87. The van der Waals surface area contributed by atoms with E-state index >= 15 is 0 Å². The Bertz CT molecular complexity index is 1290. The van der Waals surface area contributed by atoms with Gasteiger partial charge in [0, 0.05) is 12.1 Å². The highest BCUT2D eigenvalue weighted by Crippen LogP contribution is 2.27. The summed E-state index contributed by atoms with van der Waals surface area (Å²) in [4.78, 5) is 35.0. The van der Waals surface area contributed by atoms with Gasteiger partial charge in [0.1, 0.15) is 17.4 Å². The van der Waals surface area contributed by atoms with Gasteiger partial charge in [-0.2, -0.15) is 5.26 Å². The van der Waals surface area contributed by atoms with Gasteiger partial charge in [-0.25, -0.2) is 4.79 Å². The summed E-state index contributed by atoms with van der Waals surface area (Å²) >= 11 is 5.98. The maximum atomic E-state index is 12.5. The molecule has 3 aromatic rings. The van der Waals surface area contributed by atoms with Crippen LogP contribution < -0.4 is 10.1 Å². The number of hydrogen-bond donors (Lipinski definition) is 1. The molecular weight excluding hydrogens is 446 g/mol. The van der Waals surface area contributed by atoms with Crippen LogP contribution in [0.25, 0.3) is 6.08 Å². The number of carbonyl (C=O) groups is 2. The zero-order valence-corrected chi connectivity index (χ0v) is 18.0. The molecule has 0 aliphatic rings. The minimum Gasteiger partial charge on any atom is -0.423 e. The average Bonchev–Trinajstić information content (AvgIpc) is 2.80. The molecule has 8 nitrogen and oxygen atoms in total. The Hall–Kier alpha value is -4.48. The number of nitro groups is 1. The quantitative estimate of drug-likeness (QED) is 0.132. The van der Waals surface area contributed by atoms with E-state index in [1.807, 2.05) is 6.92 Å². The van der Waals surface area contributed by atoms with E-state index in [1.165, 1.54) is 30.3 Å². The molecule has 0 atom stereocenters. The van der Waals surface area contributed by atoms with Gasteiger partial charge < -0.3 is 10.1 Å². The monoisotopic (exact) mass is 461 g/mol. The fourth-order valence-corrected chi connectivity index (χ4v) is 2.88. The van der Waals surface area contributed by atoms with Gasteiger partial charge in [0.15, 0.2) is 0 Å². The maximum absolute atomic E-state index is 12.5. The van der Waals surface area contributed by atoms with Gasteiger partial charge in [0.2, 0.25) is 0 Å². The third-order valence-electron chi connectivity index (χ3n) is 4.46. The second-order valence-corrected chi connectivity index (χ2v) is 7.28. The lowest BCUT2D eigenvalue weighted by Gasteiger charge is -2.07. The Morgan fingerprint density at radius 3 is 2.36 bits per heavy atom. The minimum absolute atomic E-state index is 0.00961. The highest BCUT2D eigenvalue weighted by molar-refractivity contribution is 6.34. The van der Waals surface area contributed by atoms with Gasteiger partial charge in [-0.1, -0.05) is 41.4 Å². The predicted molar refractivity (Wildman–Crippen MR) is 123 cm³/mol. The molecule has 0 aliphatic heterocycles. The van der Waals surface area contributed by atoms with E-state index in [0.717, 1.165) is 11.6 Å². The van der Waals surface area contributed by atoms with Crippen molar-refractivity contribution in [3.8, 4) is 11.8 Å². The lowest BCUT2D eigenvalue weighted by atomic mass is 10.1. The predicted octanol–water partition coefficient (Wildman–Crippen LogP) is 5.32. The maximum Gasteiger partial charge on any atom is 0.343 e. The lowest BCUT2D eigenvalue weighted by molar-refractivity contribution is -0.384. The highest BCUT2D eigenvalue weighted by atomic mass is 35.5. The average molecular weight is 462 g/mol. The molecule has 3 rings (SSSR count). The first-order valence-electron chi connectivity index (χ1n) is 9.53. The number of ether oxygens (including phenoxy) is 1. The Morgan fingerprint density at radius 1 is 1.09 bits per heavy atom. The number of rotatable bonds is 6. The topological polar surface area (TPSA) is 122 Å². The van der Waals surface area contributed by atoms with E-state index < -0.39 is 16.8 Å². The normalized spacial score (nSPS) is 10.8. The molecule has 164 valence electrons. The Kier molecular flexibility index (Phi) is 7.18. The highest BCUT2D eigenvalue weighted by Gasteiger charge is 2.15. The Labute approximate surface area is 193 Å². The fraction of sp³-hybridized carbons (Fsp3) is 0.0417. The third kappa shape index (κ3) is 6.03. The smallest absolute Gasteiger partial charge is 0.343 e.